The molecular formula is C27H32BrN7O3S. The number of aromatic nitrogens is 3. The molecule has 1 N–H and O–H groups in total. The number of sulfonamides is 1. The van der Waals surface area contributed by atoms with Crippen molar-refractivity contribution in [3.05, 3.63) is 57.8 Å². The molecule has 2 saturated heterocycles. The third-order valence-corrected chi connectivity index (χ3v) is 9.01. The van der Waals surface area contributed by atoms with Gasteiger partial charge in [0.2, 0.25) is 15.9 Å². The number of carbonyl (C=O) groups is 1. The van der Waals surface area contributed by atoms with Gasteiger partial charge < -0.3 is 9.80 Å². The Labute approximate surface area is 237 Å². The second-order valence-corrected chi connectivity index (χ2v) is 13.3. The second-order valence-electron chi connectivity index (χ2n) is 10.6. The lowest BCUT2D eigenvalue weighted by Crippen LogP contribution is -2.46. The number of amides is 1. The van der Waals surface area contributed by atoms with Crippen LogP contribution >= 0.6 is 15.9 Å². The van der Waals surface area contributed by atoms with E-state index in [1.54, 1.807) is 27.6 Å². The van der Waals surface area contributed by atoms with Gasteiger partial charge >= 0.3 is 0 Å². The van der Waals surface area contributed by atoms with E-state index in [9.17, 15) is 18.5 Å². The fraction of sp³-hybridized carbons (Fsp3) is 0.481. The number of likely N-dealkylation sites (tertiary alicyclic amines) is 1. The third kappa shape index (κ3) is 5.66. The van der Waals surface area contributed by atoms with Crippen molar-refractivity contribution in [2.24, 2.45) is 11.8 Å². The average molecular weight is 615 g/mol. The van der Waals surface area contributed by atoms with Crippen molar-refractivity contribution < 1.29 is 13.2 Å². The highest BCUT2D eigenvalue weighted by molar-refractivity contribution is 9.10. The van der Waals surface area contributed by atoms with Gasteiger partial charge in [-0.05, 0) is 43.7 Å². The van der Waals surface area contributed by atoms with Crippen LogP contribution in [0.4, 0.5) is 5.82 Å². The van der Waals surface area contributed by atoms with Gasteiger partial charge in [-0.15, -0.1) is 0 Å². The molecule has 5 rings (SSSR count). The van der Waals surface area contributed by atoms with E-state index in [0.717, 1.165) is 49.1 Å². The molecule has 0 spiro atoms. The number of nitrogens with one attached hydrogen (secondary N) is 1. The first kappa shape index (κ1) is 27.6. The maximum atomic E-state index is 14.0. The van der Waals surface area contributed by atoms with E-state index in [1.165, 1.54) is 0 Å². The van der Waals surface area contributed by atoms with Crippen molar-refractivity contribution in [1.82, 2.24) is 24.2 Å². The van der Waals surface area contributed by atoms with Crippen molar-refractivity contribution in [3.8, 4) is 6.07 Å². The zero-order valence-corrected chi connectivity index (χ0v) is 24.6. The normalized spacial score (nSPS) is 22.7. The molecule has 0 aliphatic carbocycles. The van der Waals surface area contributed by atoms with Crippen LogP contribution in [0.2, 0.25) is 0 Å². The Hall–Kier alpha value is -3.01. The topological polar surface area (TPSA) is 124 Å². The molecule has 3 aromatic rings. The first-order valence-electron chi connectivity index (χ1n) is 13.1. The van der Waals surface area contributed by atoms with Crippen LogP contribution in [0.3, 0.4) is 0 Å². The van der Waals surface area contributed by atoms with E-state index in [1.807, 2.05) is 25.3 Å². The fourth-order valence-corrected chi connectivity index (χ4v) is 6.82. The van der Waals surface area contributed by atoms with Crippen LogP contribution in [-0.4, -0.2) is 59.7 Å². The number of aryl methyl sites for hydroxylation is 1. The molecule has 206 valence electrons. The first-order valence-corrected chi connectivity index (χ1v) is 15.8. The summed E-state index contributed by atoms with van der Waals surface area (Å²) >= 11 is 3.48. The van der Waals surface area contributed by atoms with E-state index in [-0.39, 0.29) is 23.8 Å². The zero-order chi connectivity index (χ0) is 27.9. The molecule has 2 aromatic heterocycles. The Balaban J connectivity index is 1.48. The summed E-state index contributed by atoms with van der Waals surface area (Å²) in [4.78, 5) is 22.8. The first-order chi connectivity index (χ1) is 18.6. The lowest BCUT2D eigenvalue weighted by atomic mass is 9.97. The molecule has 0 radical (unpaired) electrons. The third-order valence-electron chi connectivity index (χ3n) is 7.62. The monoisotopic (exact) mass is 613 g/mol. The van der Waals surface area contributed by atoms with Crippen LogP contribution in [0.1, 0.15) is 55.1 Å². The molecule has 12 heteroatoms. The Morgan fingerprint density at radius 1 is 1.26 bits per heavy atom. The van der Waals surface area contributed by atoms with E-state index in [4.69, 9.17) is 10.1 Å². The van der Waals surface area contributed by atoms with Gasteiger partial charge in [0.1, 0.15) is 11.9 Å². The van der Waals surface area contributed by atoms with Crippen LogP contribution in [0.25, 0.3) is 5.65 Å². The summed E-state index contributed by atoms with van der Waals surface area (Å²) in [5, 5.41) is 14.3. The van der Waals surface area contributed by atoms with Gasteiger partial charge in [-0.1, -0.05) is 41.1 Å². The van der Waals surface area contributed by atoms with Gasteiger partial charge in [-0.25, -0.2) is 17.9 Å². The molecule has 2 aliphatic heterocycles. The number of carbonyl (C=O) groups excluding carboxylic acids is 1. The number of nitriles is 1. The van der Waals surface area contributed by atoms with Crippen LogP contribution < -0.4 is 9.62 Å². The summed E-state index contributed by atoms with van der Waals surface area (Å²) in [6.07, 6.45) is 5.48. The second kappa shape index (κ2) is 10.9. The largest absolute Gasteiger partial charge is 0.355 e. The SMILES string of the molecule is Cc1cn2nc([C@@H]3CCCCN3C(=O)C(NS(C)(=O)=O)c3ccccc3Br)cc2nc1N1C[C@@H](C#N)[C@@H](C)C1. The Bertz CT molecular complexity index is 1550. The maximum Gasteiger partial charge on any atom is 0.245 e. The number of benzene rings is 1. The van der Waals surface area contributed by atoms with Crippen molar-refractivity contribution in [2.75, 3.05) is 30.8 Å². The highest BCUT2D eigenvalue weighted by Gasteiger charge is 2.37. The Morgan fingerprint density at radius 2 is 2.03 bits per heavy atom. The van der Waals surface area contributed by atoms with Crippen LogP contribution in [0.15, 0.2) is 41.0 Å². The lowest BCUT2D eigenvalue weighted by Gasteiger charge is -2.37. The Kier molecular flexibility index (Phi) is 7.68. The smallest absolute Gasteiger partial charge is 0.245 e. The highest BCUT2D eigenvalue weighted by atomic mass is 79.9. The lowest BCUT2D eigenvalue weighted by molar-refractivity contribution is -0.137. The summed E-state index contributed by atoms with van der Waals surface area (Å²) in [6, 6.07) is 10.1. The minimum atomic E-state index is -3.68. The fourth-order valence-electron chi connectivity index (χ4n) is 5.65. The van der Waals surface area contributed by atoms with E-state index in [0.29, 0.717) is 28.8 Å². The highest BCUT2D eigenvalue weighted by Crippen LogP contribution is 2.35. The molecule has 10 nitrogen and oxygen atoms in total. The number of hydrogen-bond acceptors (Lipinski definition) is 7. The number of anilines is 1. The molecule has 0 bridgehead atoms. The van der Waals surface area contributed by atoms with E-state index in [2.05, 4.69) is 38.5 Å². The van der Waals surface area contributed by atoms with Gasteiger partial charge in [0, 0.05) is 41.9 Å². The molecule has 2 fully saturated rings. The average Bonchev–Trinajstić information content (AvgIpc) is 3.48. The van der Waals surface area contributed by atoms with Crippen molar-refractivity contribution in [3.63, 3.8) is 0 Å². The van der Waals surface area contributed by atoms with Crippen molar-refractivity contribution in [1.29, 1.82) is 5.26 Å². The number of rotatable bonds is 6. The predicted octanol–water partition coefficient (Wildman–Crippen LogP) is 3.74. The molecule has 1 unspecified atom stereocenters. The van der Waals surface area contributed by atoms with Crippen LogP contribution in [-0.2, 0) is 14.8 Å². The number of halogens is 1. The summed E-state index contributed by atoms with van der Waals surface area (Å²) in [5.41, 5.74) is 2.92. The quantitative estimate of drug-likeness (QED) is 0.449. The predicted molar refractivity (Wildman–Crippen MR) is 151 cm³/mol. The summed E-state index contributed by atoms with van der Waals surface area (Å²) < 4.78 is 29.5. The molecular weight excluding hydrogens is 582 g/mol. The molecule has 39 heavy (non-hydrogen) atoms. The molecule has 4 atom stereocenters. The minimum Gasteiger partial charge on any atom is -0.355 e. The van der Waals surface area contributed by atoms with Gasteiger partial charge in [0.15, 0.2) is 5.65 Å². The van der Waals surface area contributed by atoms with Gasteiger partial charge in [-0.3, -0.25) is 4.79 Å². The van der Waals surface area contributed by atoms with Gasteiger partial charge in [-0.2, -0.15) is 15.1 Å². The standard InChI is InChI=1S/C27H32BrN7O3S/c1-17-14-33(16-19(17)13-29)26-18(2)15-35-24(30-26)12-22(31-35)23-10-6-7-11-34(23)27(36)25(32-39(3,37)38)20-8-4-5-9-21(20)28/h4-5,8-9,12,15,17,19,23,25,32H,6-7,10-11,14,16H2,1-3H3/t17-,19+,23-,25?/m0/s1. The van der Waals surface area contributed by atoms with Crippen LogP contribution in [0, 0.1) is 30.1 Å². The minimum absolute atomic E-state index is 0.0251. The molecule has 4 heterocycles. The molecule has 1 amide bonds. The van der Waals surface area contributed by atoms with Gasteiger partial charge in [0.05, 0.1) is 30.0 Å². The number of piperidine rings is 1. The summed E-state index contributed by atoms with van der Waals surface area (Å²) in [5.74, 6) is 0.782. The summed E-state index contributed by atoms with van der Waals surface area (Å²) in [6.45, 7) is 6.01. The number of fused-ring (bicyclic) bond motifs is 1. The maximum absolute atomic E-state index is 14.0. The van der Waals surface area contributed by atoms with Crippen molar-refractivity contribution in [2.45, 2.75) is 45.2 Å². The van der Waals surface area contributed by atoms with E-state index < -0.39 is 16.1 Å². The van der Waals surface area contributed by atoms with Crippen molar-refractivity contribution >= 4 is 43.3 Å². The molecule has 1 aromatic carbocycles. The van der Waals surface area contributed by atoms with Crippen LogP contribution in [0.5, 0.6) is 0 Å². The molecule has 2 aliphatic rings. The van der Waals surface area contributed by atoms with Gasteiger partial charge in [0.25, 0.3) is 0 Å². The molecule has 0 saturated carbocycles. The Morgan fingerprint density at radius 3 is 2.72 bits per heavy atom. The summed E-state index contributed by atoms with van der Waals surface area (Å²) in [7, 11) is -3.68. The number of hydrogen-bond donors (Lipinski definition) is 1. The number of nitrogens with zero attached hydrogens (tertiary/aromatic N) is 6. The zero-order valence-electron chi connectivity index (χ0n) is 22.2. The van der Waals surface area contributed by atoms with E-state index >= 15 is 0 Å².